The topological polar surface area (TPSA) is 59.8 Å². The van der Waals surface area contributed by atoms with E-state index in [-0.39, 0.29) is 17.2 Å². The monoisotopic (exact) mass is 257 g/mol. The van der Waals surface area contributed by atoms with Gasteiger partial charge in [0.05, 0.1) is 25.0 Å². The Bertz CT molecular complexity index is 482. The third-order valence-corrected chi connectivity index (χ3v) is 5.30. The van der Waals surface area contributed by atoms with Gasteiger partial charge in [0.1, 0.15) is 0 Å². The van der Waals surface area contributed by atoms with Crippen LogP contribution in [0.4, 0.5) is 0 Å². The fraction of sp³-hybridized carbons (Fsp3) is 0.636. The summed E-state index contributed by atoms with van der Waals surface area (Å²) < 4.78 is 36.9. The van der Waals surface area contributed by atoms with Crippen LogP contribution in [0.2, 0.25) is 0 Å². The molecule has 2 atom stereocenters. The molecular formula is C11H15NO4S. The van der Waals surface area contributed by atoms with Crippen LogP contribution in [-0.2, 0) is 14.8 Å². The van der Waals surface area contributed by atoms with Gasteiger partial charge in [0.15, 0.2) is 0 Å². The summed E-state index contributed by atoms with van der Waals surface area (Å²) in [7, 11) is -3.49. The van der Waals surface area contributed by atoms with Crippen LogP contribution >= 0.6 is 0 Å². The van der Waals surface area contributed by atoms with Crippen LogP contribution in [0.25, 0.3) is 0 Å². The highest BCUT2D eigenvalue weighted by molar-refractivity contribution is 7.89. The van der Waals surface area contributed by atoms with Crippen molar-refractivity contribution in [3.05, 3.63) is 18.4 Å². The van der Waals surface area contributed by atoms with Gasteiger partial charge in [0, 0.05) is 6.54 Å². The summed E-state index contributed by atoms with van der Waals surface area (Å²) in [6.45, 7) is 0.894. The third kappa shape index (κ3) is 1.80. The molecule has 0 spiro atoms. The van der Waals surface area contributed by atoms with E-state index in [4.69, 9.17) is 9.15 Å². The lowest BCUT2D eigenvalue weighted by Gasteiger charge is -2.35. The predicted molar refractivity (Wildman–Crippen MR) is 60.0 cm³/mol. The molecule has 1 saturated carbocycles. The van der Waals surface area contributed by atoms with E-state index in [0.717, 1.165) is 19.3 Å². The van der Waals surface area contributed by atoms with E-state index in [1.165, 1.54) is 12.3 Å². The molecule has 2 aliphatic rings. The van der Waals surface area contributed by atoms with Crippen molar-refractivity contribution in [2.75, 3.05) is 13.2 Å². The van der Waals surface area contributed by atoms with E-state index < -0.39 is 10.0 Å². The van der Waals surface area contributed by atoms with Crippen LogP contribution in [0.3, 0.4) is 0 Å². The highest BCUT2D eigenvalue weighted by Gasteiger charge is 2.43. The van der Waals surface area contributed by atoms with E-state index in [2.05, 4.69) is 0 Å². The Kier molecular flexibility index (Phi) is 2.72. The first kappa shape index (κ1) is 11.3. The standard InChI is InChI=1S/C11H15NO4S/c13-17(14,11-5-2-7-16-11)12-6-8-15-10-4-1-3-9(10)12/h2,5,7,9-10H,1,3-4,6,8H2. The quantitative estimate of drug-likeness (QED) is 0.799. The molecule has 0 bridgehead atoms. The van der Waals surface area contributed by atoms with Gasteiger partial charge in [0.25, 0.3) is 10.0 Å². The maximum absolute atomic E-state index is 12.4. The summed E-state index contributed by atoms with van der Waals surface area (Å²) in [6.07, 6.45) is 4.31. The van der Waals surface area contributed by atoms with Crippen molar-refractivity contribution < 1.29 is 17.6 Å². The van der Waals surface area contributed by atoms with Gasteiger partial charge in [-0.3, -0.25) is 0 Å². The predicted octanol–water partition coefficient (Wildman–Crippen LogP) is 1.22. The first-order valence-electron chi connectivity index (χ1n) is 5.86. The van der Waals surface area contributed by atoms with Crippen molar-refractivity contribution in [1.82, 2.24) is 4.31 Å². The van der Waals surface area contributed by atoms with E-state index in [1.54, 1.807) is 10.4 Å². The molecule has 3 rings (SSSR count). The summed E-state index contributed by atoms with van der Waals surface area (Å²) in [6, 6.07) is 3.08. The van der Waals surface area contributed by atoms with Gasteiger partial charge in [-0.2, -0.15) is 4.31 Å². The van der Waals surface area contributed by atoms with Crippen LogP contribution in [-0.4, -0.2) is 38.0 Å². The highest BCUT2D eigenvalue weighted by atomic mass is 32.2. The second kappa shape index (κ2) is 4.12. The fourth-order valence-corrected chi connectivity index (χ4v) is 4.29. The lowest BCUT2D eigenvalue weighted by Crippen LogP contribution is -2.50. The molecule has 0 amide bonds. The maximum atomic E-state index is 12.4. The van der Waals surface area contributed by atoms with Gasteiger partial charge in [0.2, 0.25) is 5.09 Å². The minimum atomic E-state index is -3.49. The molecule has 2 unspecified atom stereocenters. The fourth-order valence-electron chi connectivity index (χ4n) is 2.71. The molecule has 0 aromatic carbocycles. The molecule has 2 fully saturated rings. The Hall–Kier alpha value is -0.850. The molecule has 2 heterocycles. The molecule has 17 heavy (non-hydrogen) atoms. The summed E-state index contributed by atoms with van der Waals surface area (Å²) in [5.74, 6) is 0. The number of ether oxygens (including phenoxy) is 1. The lowest BCUT2D eigenvalue weighted by atomic mass is 10.2. The molecule has 1 aromatic rings. The Labute approximate surface area is 100 Å². The summed E-state index contributed by atoms with van der Waals surface area (Å²) in [5, 5.41) is 0.0325. The maximum Gasteiger partial charge on any atom is 0.276 e. The molecule has 5 nitrogen and oxygen atoms in total. The number of hydrogen-bond acceptors (Lipinski definition) is 4. The van der Waals surface area contributed by atoms with Crippen molar-refractivity contribution >= 4 is 10.0 Å². The van der Waals surface area contributed by atoms with Crippen LogP contribution in [0.1, 0.15) is 19.3 Å². The van der Waals surface area contributed by atoms with Crippen LogP contribution < -0.4 is 0 Å². The smallest absolute Gasteiger partial charge is 0.276 e. The minimum Gasteiger partial charge on any atom is -0.452 e. The summed E-state index contributed by atoms with van der Waals surface area (Å²) in [4.78, 5) is 0. The molecule has 0 N–H and O–H groups in total. The van der Waals surface area contributed by atoms with Gasteiger partial charge in [-0.1, -0.05) is 0 Å². The second-order valence-corrected chi connectivity index (χ2v) is 6.28. The van der Waals surface area contributed by atoms with Gasteiger partial charge < -0.3 is 9.15 Å². The summed E-state index contributed by atoms with van der Waals surface area (Å²) >= 11 is 0. The SMILES string of the molecule is O=S(=O)(c1ccco1)N1CCOC2CCCC21. The number of sulfonamides is 1. The van der Waals surface area contributed by atoms with Crippen molar-refractivity contribution in [3.63, 3.8) is 0 Å². The molecule has 1 aliphatic carbocycles. The van der Waals surface area contributed by atoms with Crippen molar-refractivity contribution in [2.24, 2.45) is 0 Å². The third-order valence-electron chi connectivity index (χ3n) is 3.49. The first-order valence-corrected chi connectivity index (χ1v) is 7.30. The zero-order chi connectivity index (χ0) is 11.9. The molecule has 1 saturated heterocycles. The summed E-state index contributed by atoms with van der Waals surface area (Å²) in [5.41, 5.74) is 0. The average molecular weight is 257 g/mol. The van der Waals surface area contributed by atoms with Crippen molar-refractivity contribution in [2.45, 2.75) is 36.5 Å². The molecule has 1 aromatic heterocycles. The lowest BCUT2D eigenvalue weighted by molar-refractivity contribution is -0.0245. The van der Waals surface area contributed by atoms with Crippen LogP contribution in [0, 0.1) is 0 Å². The van der Waals surface area contributed by atoms with Gasteiger partial charge in [-0.05, 0) is 31.4 Å². The number of furan rings is 1. The average Bonchev–Trinajstić information content (AvgIpc) is 2.99. The number of fused-ring (bicyclic) bond motifs is 1. The van der Waals surface area contributed by atoms with Gasteiger partial charge >= 0.3 is 0 Å². The van der Waals surface area contributed by atoms with Gasteiger partial charge in [-0.15, -0.1) is 0 Å². The Morgan fingerprint density at radius 3 is 3.00 bits per heavy atom. The number of morpholine rings is 1. The van der Waals surface area contributed by atoms with Gasteiger partial charge in [-0.25, -0.2) is 8.42 Å². The largest absolute Gasteiger partial charge is 0.452 e. The Morgan fingerprint density at radius 2 is 2.24 bits per heavy atom. The van der Waals surface area contributed by atoms with Crippen LogP contribution in [0.15, 0.2) is 27.9 Å². The van der Waals surface area contributed by atoms with E-state index in [0.29, 0.717) is 13.2 Å². The zero-order valence-corrected chi connectivity index (χ0v) is 10.2. The zero-order valence-electron chi connectivity index (χ0n) is 9.41. The molecule has 0 radical (unpaired) electrons. The molecule has 6 heteroatoms. The molecule has 1 aliphatic heterocycles. The van der Waals surface area contributed by atoms with E-state index in [1.807, 2.05) is 0 Å². The van der Waals surface area contributed by atoms with Crippen LogP contribution in [0.5, 0.6) is 0 Å². The number of rotatable bonds is 2. The minimum absolute atomic E-state index is 0.0150. The number of nitrogens with zero attached hydrogens (tertiary/aromatic N) is 1. The van der Waals surface area contributed by atoms with E-state index in [9.17, 15) is 8.42 Å². The Balaban J connectivity index is 1.93. The Morgan fingerprint density at radius 1 is 1.35 bits per heavy atom. The first-order chi connectivity index (χ1) is 8.19. The normalized spacial score (nSPS) is 30.4. The second-order valence-electron chi connectivity index (χ2n) is 4.46. The van der Waals surface area contributed by atoms with Crippen molar-refractivity contribution in [3.8, 4) is 0 Å². The molecule has 94 valence electrons. The number of hydrogen-bond donors (Lipinski definition) is 0. The van der Waals surface area contributed by atoms with Crippen molar-refractivity contribution in [1.29, 1.82) is 0 Å². The highest BCUT2D eigenvalue weighted by Crippen LogP contribution is 2.33. The van der Waals surface area contributed by atoms with E-state index >= 15 is 0 Å². The molecular weight excluding hydrogens is 242 g/mol.